The van der Waals surface area contributed by atoms with E-state index < -0.39 is 60.7 Å². The molecule has 6 unspecified atom stereocenters. The van der Waals surface area contributed by atoms with Crippen LogP contribution in [0.25, 0.3) is 22.3 Å². The molecule has 6 atom stereocenters. The smallest absolute Gasteiger partial charge is 0.870 e. The van der Waals surface area contributed by atoms with Crippen LogP contribution in [0.15, 0.2) is 296 Å². The summed E-state index contributed by atoms with van der Waals surface area (Å²) >= 11 is 3.41. The van der Waals surface area contributed by atoms with Crippen LogP contribution in [0, 0.1) is 34.9 Å². The van der Waals surface area contributed by atoms with Crippen molar-refractivity contribution < 1.29 is 99.3 Å². The Morgan fingerprint density at radius 3 is 0.943 bits per heavy atom. The van der Waals surface area contributed by atoms with Gasteiger partial charge in [-0.3, -0.25) is 19.2 Å². The SMILES string of the molecule is C.CC(=O)c1ccc(-c2ccc(C(Nc3ccccc3F)C(=O)N3CCCC3c3ccccc3F)cc2)cc1.COC(=O)c1ccc(B(O)O)cc1.O=C(C(Nc1ccccc1F)c1ccc(Br)cc1)N1CCCC1c1ccccc1F.O=C(O)c1ccc(-c2ccc(C(Nc3ccccc3F)C(=O)N3CCCC3c3ccccc3F)cc2)cc1.[Li+].[OH-]. The van der Waals surface area contributed by atoms with E-state index in [0.29, 0.717) is 88.9 Å². The molecule has 3 heterocycles. The molecule has 0 bridgehead atoms. The summed E-state index contributed by atoms with van der Waals surface area (Å²) in [7, 11) is -0.219. The number of amides is 3. The van der Waals surface area contributed by atoms with Crippen LogP contribution >= 0.6 is 15.9 Å². The minimum Gasteiger partial charge on any atom is -0.870 e. The van der Waals surface area contributed by atoms with Gasteiger partial charge in [-0.1, -0.05) is 224 Å². The van der Waals surface area contributed by atoms with Gasteiger partial charge in [0.05, 0.1) is 53.4 Å². The van der Waals surface area contributed by atoms with Gasteiger partial charge in [0.15, 0.2) is 5.78 Å². The van der Waals surface area contributed by atoms with Gasteiger partial charge >= 0.3 is 37.9 Å². The minimum absolute atomic E-state index is 0. The van der Waals surface area contributed by atoms with Gasteiger partial charge in [-0.05, 0) is 181 Å². The van der Waals surface area contributed by atoms with Crippen LogP contribution in [-0.4, -0.2) is 105 Å². The Bertz CT molecular complexity index is 5320. The van der Waals surface area contributed by atoms with Gasteiger partial charge in [-0.25, -0.2) is 35.9 Å². The van der Waals surface area contributed by atoms with E-state index in [1.165, 1.54) is 86.8 Å². The molecule has 3 aliphatic rings. The van der Waals surface area contributed by atoms with E-state index in [0.717, 1.165) is 46.0 Å². The molecule has 3 fully saturated rings. The third kappa shape index (κ3) is 23.2. The van der Waals surface area contributed by atoms with Gasteiger partial charge in [0.2, 0.25) is 17.7 Å². The van der Waals surface area contributed by atoms with E-state index in [-0.39, 0.29) is 107 Å². The number of hydrogen-bond donors (Lipinski definition) is 6. The van der Waals surface area contributed by atoms with Gasteiger partial charge in [0.1, 0.15) is 53.0 Å². The van der Waals surface area contributed by atoms with Gasteiger partial charge in [-0.15, -0.1) is 0 Å². The van der Waals surface area contributed by atoms with Crippen molar-refractivity contribution >= 4 is 81.0 Å². The van der Waals surface area contributed by atoms with Crippen LogP contribution in [0.2, 0.25) is 0 Å². The minimum atomic E-state index is -1.51. The normalized spacial score (nSPS) is 15.0. The number of carbonyl (C=O) groups is 6. The largest absolute Gasteiger partial charge is 1.00 e. The second-order valence-electron chi connectivity index (χ2n) is 28.6. The number of ketones is 1. The summed E-state index contributed by atoms with van der Waals surface area (Å²) in [6, 6.07) is 76.4. The number of carboxylic acids is 1. The summed E-state index contributed by atoms with van der Waals surface area (Å²) in [6.45, 7) is 3.03. The maximum atomic E-state index is 14.7. The van der Waals surface area contributed by atoms with E-state index >= 15 is 0 Å². The molecule has 3 aliphatic heterocycles. The van der Waals surface area contributed by atoms with Crippen LogP contribution in [0.3, 0.4) is 0 Å². The fraction of sp³-hybridized carbons (Fsp3) is 0.188. The number of carboxylic acid groups (broad SMARTS) is 1. The molecule has 0 saturated carbocycles. The molecule has 0 aliphatic carbocycles. The first-order valence-corrected chi connectivity index (χ1v) is 39.5. The number of nitrogens with zero attached hydrogens (tertiary/aromatic N) is 3. The Kier molecular flexibility index (Phi) is 33.9. The molecule has 3 saturated heterocycles. The van der Waals surface area contributed by atoms with Gasteiger partial charge in [-0.2, -0.15) is 0 Å². The maximum Gasteiger partial charge on any atom is 1.00 e. The summed E-state index contributed by atoms with van der Waals surface area (Å²) < 4.78 is 92.6. The molecular formula is C96H89BBrF6LiN6O11. The van der Waals surface area contributed by atoms with Gasteiger partial charge < -0.3 is 56.0 Å². The van der Waals surface area contributed by atoms with Crippen molar-refractivity contribution in [2.75, 3.05) is 42.7 Å². The second kappa shape index (κ2) is 44.3. The zero-order valence-corrected chi connectivity index (χ0v) is 67.8. The van der Waals surface area contributed by atoms with Crippen molar-refractivity contribution in [1.29, 1.82) is 0 Å². The molecule has 7 N–H and O–H groups in total. The van der Waals surface area contributed by atoms with Gasteiger partial charge in [0, 0.05) is 46.4 Å². The average molecular weight is 1710 g/mol. The van der Waals surface area contributed by atoms with Crippen LogP contribution in [0.4, 0.5) is 43.4 Å². The number of nitrogens with one attached hydrogen (secondary N) is 3. The van der Waals surface area contributed by atoms with Crippen molar-refractivity contribution in [2.24, 2.45) is 0 Å². The zero-order chi connectivity index (χ0) is 84.2. The Morgan fingerprint density at radius 1 is 0.393 bits per heavy atom. The molecule has 12 aromatic carbocycles. The monoisotopic (exact) mass is 1710 g/mol. The number of likely N-dealkylation sites (tertiary alicyclic amines) is 3. The predicted molar refractivity (Wildman–Crippen MR) is 460 cm³/mol. The number of benzene rings is 12. The fourth-order valence-corrected chi connectivity index (χ4v) is 15.1. The number of esters is 1. The molecule has 15 rings (SSSR count). The van der Waals surface area contributed by atoms with Crippen LogP contribution < -0.4 is 40.3 Å². The molecule has 26 heteroatoms. The van der Waals surface area contributed by atoms with Crippen molar-refractivity contribution in [3.05, 3.63) is 381 Å². The molecule has 17 nitrogen and oxygen atoms in total. The number of ether oxygens (including phenoxy) is 1. The standard InChI is InChI=1S/C32H28F2N2O2.C31H26F2N2O3.C24H21BrF2N2O.C8H9BO4.CH4.Li.H2O/c1-21(37)22-12-14-23(15-13-22)24-16-18-25(19-17-24)31(35-29-10-5-4-9-28(29)34)32(38)36-20-6-11-30(36)26-7-2-3-8-27(26)33;32-25-7-2-1-6-24(25)28-10-5-19-35(28)30(36)29(34-27-9-4-3-8-26(27)33)22-15-11-20(12-16-22)21-13-17-23(18-14-21)31(37)38;25-17-13-11-16(12-14-17)23(28-21-9-4-3-8-20(21)27)24(30)29-15-5-10-22(29)18-6-1-2-7-19(18)26;1-13-8(10)6-2-4-7(5-3-6)9(11)12;;;/h2-5,7-10,12-19,30-31,35H,6,11,20H2,1H3;1-4,6-9,11-18,28-29,34H,5,10,19H2,(H,37,38);1-4,6-9,11-14,22-23,28H,5,10,15H2;2-5,11-12H,1H3;1H4;;1H2/q;;;;;+1;/p-1. The van der Waals surface area contributed by atoms with Crippen LogP contribution in [0.1, 0.15) is 154 Å². The van der Waals surface area contributed by atoms with E-state index in [1.807, 2.05) is 72.8 Å². The van der Waals surface area contributed by atoms with Crippen molar-refractivity contribution in [3.63, 3.8) is 0 Å². The van der Waals surface area contributed by atoms with Crippen molar-refractivity contribution in [2.45, 2.75) is 89.1 Å². The number of hydrogen-bond acceptors (Lipinski definition) is 13. The molecule has 622 valence electrons. The first kappa shape index (κ1) is 93.5. The molecule has 122 heavy (non-hydrogen) atoms. The summed E-state index contributed by atoms with van der Waals surface area (Å²) in [4.78, 5) is 80.4. The summed E-state index contributed by atoms with van der Waals surface area (Å²) in [6.07, 6.45) is 4.28. The molecule has 12 aromatic rings. The quantitative estimate of drug-likeness (QED) is 0.0170. The topological polar surface area (TPSA) is 248 Å². The van der Waals surface area contributed by atoms with Crippen LogP contribution in [-0.2, 0) is 19.1 Å². The predicted octanol–water partition coefficient (Wildman–Crippen LogP) is 17.1. The van der Waals surface area contributed by atoms with Crippen molar-refractivity contribution in [1.82, 2.24) is 14.7 Å². The number of Topliss-reactive ketones (excluding diaryl/α,β-unsaturated/α-hetero) is 1. The first-order valence-electron chi connectivity index (χ1n) is 38.7. The van der Waals surface area contributed by atoms with E-state index in [9.17, 15) is 55.1 Å². The maximum absolute atomic E-state index is 14.7. The van der Waals surface area contributed by atoms with E-state index in [2.05, 4.69) is 36.6 Å². The zero-order valence-electron chi connectivity index (χ0n) is 66.3. The molecule has 0 radical (unpaired) electrons. The molecule has 3 amide bonds. The first-order chi connectivity index (χ1) is 57.5. The van der Waals surface area contributed by atoms with Crippen molar-refractivity contribution in [3.8, 4) is 22.3 Å². The van der Waals surface area contributed by atoms with E-state index in [4.69, 9.17) is 15.2 Å². The Morgan fingerprint density at radius 2 is 0.664 bits per heavy atom. The second-order valence-corrected chi connectivity index (χ2v) is 29.5. The fourth-order valence-electron chi connectivity index (χ4n) is 14.9. The number of carbonyl (C=O) groups excluding carboxylic acids is 5. The molecule has 0 aromatic heterocycles. The number of anilines is 3. The third-order valence-electron chi connectivity index (χ3n) is 21.1. The Balaban J connectivity index is 0.000000192. The van der Waals surface area contributed by atoms with Gasteiger partial charge in [0.25, 0.3) is 0 Å². The number of rotatable bonds is 21. The Labute approximate surface area is 725 Å². The summed E-state index contributed by atoms with van der Waals surface area (Å²) in [5.41, 5.74) is 9.24. The average Bonchev–Trinajstić information content (AvgIpc) is 1.50. The summed E-state index contributed by atoms with van der Waals surface area (Å²) in [5.74, 6) is -4.52. The number of aromatic carboxylic acids is 1. The van der Waals surface area contributed by atoms with E-state index in [1.54, 1.807) is 160 Å². The molecular weight excluding hydrogens is 1620 g/mol. The summed E-state index contributed by atoms with van der Waals surface area (Å²) in [5, 5.41) is 35.9. The number of para-hydroxylation sites is 3. The van der Waals surface area contributed by atoms with Crippen LogP contribution in [0.5, 0.6) is 0 Å². The molecule has 0 spiro atoms. The third-order valence-corrected chi connectivity index (χ3v) is 21.6. The number of methoxy groups -OCH3 is 1. The number of halogens is 7. The Hall–Kier alpha value is -12.3.